The summed E-state index contributed by atoms with van der Waals surface area (Å²) >= 11 is 0. The molecule has 0 saturated heterocycles. The second-order valence-electron chi connectivity index (χ2n) is 14.9. The summed E-state index contributed by atoms with van der Waals surface area (Å²) in [5.74, 6) is 1.74. The molecule has 2 heterocycles. The SMILES string of the molecule is c1cc(-c2ccc(N(c3ccc(-c4cccc5ccccc45)cc3)c3cc4ccccc4c4ccccc34)cc2)c2c(c1)-n1c3ccccc3c3cccc(c31)O2. The van der Waals surface area contributed by atoms with E-state index >= 15 is 0 Å². The van der Waals surface area contributed by atoms with Crippen LogP contribution in [-0.2, 0) is 0 Å². The quantitative estimate of drug-likeness (QED) is 0.164. The summed E-state index contributed by atoms with van der Waals surface area (Å²) in [4.78, 5) is 2.40. The van der Waals surface area contributed by atoms with Gasteiger partial charge in [-0.15, -0.1) is 0 Å². The van der Waals surface area contributed by atoms with E-state index in [-0.39, 0.29) is 0 Å². The highest BCUT2D eigenvalue weighted by Gasteiger charge is 2.26. The zero-order valence-electron chi connectivity index (χ0n) is 30.9. The summed E-state index contributed by atoms with van der Waals surface area (Å²) in [7, 11) is 0. The van der Waals surface area contributed by atoms with E-state index in [0.717, 1.165) is 50.9 Å². The van der Waals surface area contributed by atoms with Crippen molar-refractivity contribution in [1.82, 2.24) is 4.57 Å². The van der Waals surface area contributed by atoms with E-state index < -0.39 is 0 Å². The molecule has 57 heavy (non-hydrogen) atoms. The van der Waals surface area contributed by atoms with Gasteiger partial charge >= 0.3 is 0 Å². The van der Waals surface area contributed by atoms with Crippen LogP contribution in [0.4, 0.5) is 17.1 Å². The molecular weight excluding hydrogens is 693 g/mol. The van der Waals surface area contributed by atoms with Gasteiger partial charge in [-0.25, -0.2) is 0 Å². The van der Waals surface area contributed by atoms with Crippen LogP contribution in [0.15, 0.2) is 206 Å². The third-order valence-electron chi connectivity index (χ3n) is 11.8. The fourth-order valence-corrected chi connectivity index (χ4v) is 9.17. The average molecular weight is 727 g/mol. The van der Waals surface area contributed by atoms with E-state index in [2.05, 4.69) is 216 Å². The molecule has 0 saturated carbocycles. The first-order chi connectivity index (χ1) is 28.3. The number of fused-ring (bicyclic) bond motifs is 9. The molecule has 0 amide bonds. The van der Waals surface area contributed by atoms with Crippen molar-refractivity contribution in [2.45, 2.75) is 0 Å². The van der Waals surface area contributed by atoms with Crippen LogP contribution in [-0.4, -0.2) is 4.57 Å². The van der Waals surface area contributed by atoms with Gasteiger partial charge in [-0.1, -0.05) is 158 Å². The van der Waals surface area contributed by atoms with Crippen LogP contribution in [0, 0.1) is 0 Å². The molecule has 3 nitrogen and oxygen atoms in total. The highest BCUT2D eigenvalue weighted by atomic mass is 16.5. The molecule has 0 spiro atoms. The second-order valence-corrected chi connectivity index (χ2v) is 14.9. The predicted octanol–water partition coefficient (Wildman–Crippen LogP) is 15.2. The number of rotatable bonds is 5. The molecule has 1 aromatic heterocycles. The first-order valence-electron chi connectivity index (χ1n) is 19.5. The zero-order chi connectivity index (χ0) is 37.5. The second kappa shape index (κ2) is 12.5. The van der Waals surface area contributed by atoms with Gasteiger partial charge in [0.05, 0.1) is 22.4 Å². The molecule has 0 fully saturated rings. The Kier molecular flexibility index (Phi) is 6.93. The lowest BCUT2D eigenvalue weighted by Gasteiger charge is -2.28. The van der Waals surface area contributed by atoms with Crippen molar-refractivity contribution < 1.29 is 4.74 Å². The van der Waals surface area contributed by atoms with Crippen LogP contribution in [0.1, 0.15) is 0 Å². The maximum atomic E-state index is 6.81. The molecule has 0 N–H and O–H groups in total. The number of hydrogen-bond donors (Lipinski definition) is 0. The maximum absolute atomic E-state index is 6.81. The monoisotopic (exact) mass is 726 g/mol. The fraction of sp³-hybridized carbons (Fsp3) is 0. The van der Waals surface area contributed by atoms with Crippen molar-refractivity contribution in [1.29, 1.82) is 0 Å². The number of aromatic nitrogens is 1. The van der Waals surface area contributed by atoms with Crippen molar-refractivity contribution in [2.75, 3.05) is 4.90 Å². The number of hydrogen-bond acceptors (Lipinski definition) is 2. The van der Waals surface area contributed by atoms with Crippen LogP contribution >= 0.6 is 0 Å². The lowest BCUT2D eigenvalue weighted by molar-refractivity contribution is 0.478. The van der Waals surface area contributed by atoms with E-state index in [1.54, 1.807) is 0 Å². The number of anilines is 3. The smallest absolute Gasteiger partial charge is 0.159 e. The Morgan fingerprint density at radius 2 is 0.947 bits per heavy atom. The van der Waals surface area contributed by atoms with Crippen LogP contribution in [0.2, 0.25) is 0 Å². The van der Waals surface area contributed by atoms with Gasteiger partial charge in [0.2, 0.25) is 0 Å². The van der Waals surface area contributed by atoms with Gasteiger partial charge in [-0.3, -0.25) is 0 Å². The first-order valence-corrected chi connectivity index (χ1v) is 19.5. The number of nitrogens with zero attached hydrogens (tertiary/aromatic N) is 2. The molecule has 1 aliphatic rings. The summed E-state index contributed by atoms with van der Waals surface area (Å²) in [5.41, 5.74) is 11.2. The molecule has 0 unspecified atom stereocenters. The lowest BCUT2D eigenvalue weighted by Crippen LogP contribution is -2.10. The average Bonchev–Trinajstić information content (AvgIpc) is 3.62. The lowest BCUT2D eigenvalue weighted by atomic mass is 9.97. The molecule has 266 valence electrons. The Bertz CT molecular complexity index is 3370. The zero-order valence-corrected chi connectivity index (χ0v) is 30.9. The summed E-state index contributed by atoms with van der Waals surface area (Å²) in [5, 5.41) is 9.83. The molecule has 3 heteroatoms. The van der Waals surface area contributed by atoms with E-state index in [1.807, 2.05) is 0 Å². The van der Waals surface area contributed by atoms with Gasteiger partial charge in [-0.2, -0.15) is 0 Å². The standard InChI is InChI=1S/C54H34N2O/c1-3-15-41-35(12-1)14-9-20-42(41)36-26-30-39(31-27-36)55(51-34-38-13-2-4-16-43(38)45-17-5-6-18-46(45)51)40-32-28-37(29-33-40)44-21-10-24-50-54(44)57-52-25-11-22-48-47-19-7-8-23-49(47)56(50)53(48)52/h1-34H. The number of benzene rings is 10. The normalized spacial score (nSPS) is 12.0. The van der Waals surface area contributed by atoms with Gasteiger partial charge < -0.3 is 14.2 Å². The fourth-order valence-electron chi connectivity index (χ4n) is 9.17. The molecule has 0 aliphatic carbocycles. The van der Waals surface area contributed by atoms with Gasteiger partial charge in [0.15, 0.2) is 11.5 Å². The Balaban J connectivity index is 1.01. The molecule has 10 aromatic carbocycles. The molecule has 0 atom stereocenters. The topological polar surface area (TPSA) is 17.4 Å². The molecule has 0 radical (unpaired) electrons. The number of ether oxygens (including phenoxy) is 1. The van der Waals surface area contributed by atoms with Crippen LogP contribution < -0.4 is 9.64 Å². The van der Waals surface area contributed by atoms with Crippen molar-refractivity contribution in [3.05, 3.63) is 206 Å². The molecular formula is C54H34N2O. The van der Waals surface area contributed by atoms with E-state index in [4.69, 9.17) is 4.74 Å². The minimum atomic E-state index is 0.869. The summed E-state index contributed by atoms with van der Waals surface area (Å²) < 4.78 is 9.18. The summed E-state index contributed by atoms with van der Waals surface area (Å²) in [6.45, 7) is 0. The van der Waals surface area contributed by atoms with Crippen LogP contribution in [0.5, 0.6) is 11.5 Å². The first kappa shape index (κ1) is 31.7. The third kappa shape index (κ3) is 4.86. The van der Waals surface area contributed by atoms with E-state index in [0.29, 0.717) is 0 Å². The summed E-state index contributed by atoms with van der Waals surface area (Å²) in [6.07, 6.45) is 0. The van der Waals surface area contributed by atoms with Gasteiger partial charge in [0, 0.05) is 33.1 Å². The molecule has 11 aromatic rings. The highest BCUT2D eigenvalue weighted by Crippen LogP contribution is 2.49. The Morgan fingerprint density at radius 3 is 1.74 bits per heavy atom. The Hall–Kier alpha value is -7.62. The predicted molar refractivity (Wildman–Crippen MR) is 239 cm³/mol. The van der Waals surface area contributed by atoms with Crippen molar-refractivity contribution in [3.8, 4) is 39.4 Å². The van der Waals surface area contributed by atoms with Gasteiger partial charge in [-0.05, 0) is 92.2 Å². The minimum Gasteiger partial charge on any atom is -0.452 e. The maximum Gasteiger partial charge on any atom is 0.159 e. The molecule has 12 rings (SSSR count). The van der Waals surface area contributed by atoms with E-state index in [9.17, 15) is 0 Å². The van der Waals surface area contributed by atoms with Crippen LogP contribution in [0.3, 0.4) is 0 Å². The van der Waals surface area contributed by atoms with Crippen molar-refractivity contribution >= 4 is 71.2 Å². The highest BCUT2D eigenvalue weighted by molar-refractivity contribution is 6.15. The van der Waals surface area contributed by atoms with Crippen LogP contribution in [0.25, 0.3) is 82.1 Å². The number of para-hydroxylation sites is 3. The summed E-state index contributed by atoms with van der Waals surface area (Å²) in [6, 6.07) is 74.5. The Labute approximate surface area is 329 Å². The molecule has 1 aliphatic heterocycles. The molecule has 0 bridgehead atoms. The van der Waals surface area contributed by atoms with E-state index in [1.165, 1.54) is 59.7 Å². The minimum absolute atomic E-state index is 0.869. The van der Waals surface area contributed by atoms with Crippen molar-refractivity contribution in [2.24, 2.45) is 0 Å². The Morgan fingerprint density at radius 1 is 0.386 bits per heavy atom. The van der Waals surface area contributed by atoms with Crippen molar-refractivity contribution in [3.63, 3.8) is 0 Å². The van der Waals surface area contributed by atoms with Gasteiger partial charge in [0.25, 0.3) is 0 Å². The largest absolute Gasteiger partial charge is 0.452 e. The van der Waals surface area contributed by atoms with Gasteiger partial charge in [0.1, 0.15) is 0 Å². The third-order valence-corrected chi connectivity index (χ3v) is 11.8.